The van der Waals surface area contributed by atoms with Gasteiger partial charge in [0, 0.05) is 0 Å². The standard InChI is InChI=1S/C16H18N2/c1-14(11-16(12-17)13-18)7-5-6-10-15-8-3-2-4-9-15/h2-4,8-9,16H,1,5-7,10-11H2. The fourth-order valence-corrected chi connectivity index (χ4v) is 1.86. The summed E-state index contributed by atoms with van der Waals surface area (Å²) >= 11 is 0. The molecule has 0 bridgehead atoms. The molecule has 0 fully saturated rings. The maximum atomic E-state index is 8.68. The van der Waals surface area contributed by atoms with Crippen molar-refractivity contribution in [3.05, 3.63) is 48.0 Å². The number of benzene rings is 1. The highest BCUT2D eigenvalue weighted by Crippen LogP contribution is 2.16. The topological polar surface area (TPSA) is 47.6 Å². The molecule has 0 aliphatic heterocycles. The molecule has 0 saturated heterocycles. The van der Waals surface area contributed by atoms with Crippen LogP contribution in [0.5, 0.6) is 0 Å². The second-order valence-corrected chi connectivity index (χ2v) is 4.46. The lowest BCUT2D eigenvalue weighted by molar-refractivity contribution is 0.692. The van der Waals surface area contributed by atoms with Gasteiger partial charge in [-0.25, -0.2) is 0 Å². The van der Waals surface area contributed by atoms with Gasteiger partial charge in [-0.05, 0) is 37.7 Å². The molecule has 1 aromatic rings. The zero-order chi connectivity index (χ0) is 13.2. The van der Waals surface area contributed by atoms with E-state index in [0.717, 1.165) is 31.3 Å². The van der Waals surface area contributed by atoms with Crippen molar-refractivity contribution in [2.24, 2.45) is 5.92 Å². The van der Waals surface area contributed by atoms with Gasteiger partial charge in [-0.3, -0.25) is 0 Å². The largest absolute Gasteiger partial charge is 0.197 e. The lowest BCUT2D eigenvalue weighted by Crippen LogP contribution is -1.95. The molecule has 0 unspecified atom stereocenters. The second kappa shape index (κ2) is 8.09. The fourth-order valence-electron chi connectivity index (χ4n) is 1.86. The Morgan fingerprint density at radius 2 is 1.78 bits per heavy atom. The Balaban J connectivity index is 2.17. The summed E-state index contributed by atoms with van der Waals surface area (Å²) in [5, 5.41) is 17.4. The van der Waals surface area contributed by atoms with Crippen molar-refractivity contribution in [2.45, 2.75) is 32.1 Å². The van der Waals surface area contributed by atoms with Crippen LogP contribution in [0, 0.1) is 28.6 Å². The first kappa shape index (κ1) is 14.0. The van der Waals surface area contributed by atoms with Gasteiger partial charge in [-0.15, -0.1) is 0 Å². The van der Waals surface area contributed by atoms with Gasteiger partial charge in [-0.2, -0.15) is 10.5 Å². The Labute approximate surface area is 109 Å². The minimum absolute atomic E-state index is 0.512. The van der Waals surface area contributed by atoms with Crippen LogP contribution in [0.3, 0.4) is 0 Å². The average Bonchev–Trinajstić information content (AvgIpc) is 2.42. The number of allylic oxidation sites excluding steroid dienone is 1. The maximum absolute atomic E-state index is 8.68. The van der Waals surface area contributed by atoms with Crippen molar-refractivity contribution in [1.82, 2.24) is 0 Å². The summed E-state index contributed by atoms with van der Waals surface area (Å²) in [6.45, 7) is 3.93. The number of unbranched alkanes of at least 4 members (excludes halogenated alkanes) is 1. The molecule has 2 heteroatoms. The first-order valence-electron chi connectivity index (χ1n) is 6.26. The van der Waals surface area contributed by atoms with Crippen LogP contribution in [0.4, 0.5) is 0 Å². The Hall–Kier alpha value is -2.06. The Morgan fingerprint density at radius 3 is 2.39 bits per heavy atom. The van der Waals surface area contributed by atoms with Crippen LogP contribution in [-0.2, 0) is 6.42 Å². The first-order chi connectivity index (χ1) is 8.76. The molecule has 1 rings (SSSR count). The molecule has 0 heterocycles. The molecule has 18 heavy (non-hydrogen) atoms. The van der Waals surface area contributed by atoms with Gasteiger partial charge in [0.15, 0.2) is 0 Å². The average molecular weight is 238 g/mol. The molecule has 0 saturated carbocycles. The first-order valence-corrected chi connectivity index (χ1v) is 6.26. The van der Waals surface area contributed by atoms with E-state index in [-0.39, 0.29) is 0 Å². The highest BCUT2D eigenvalue weighted by molar-refractivity contribution is 5.14. The maximum Gasteiger partial charge on any atom is 0.137 e. The van der Waals surface area contributed by atoms with E-state index in [0.29, 0.717) is 6.42 Å². The molecule has 0 amide bonds. The molecular formula is C16H18N2. The Bertz CT molecular complexity index is 434. The third-order valence-electron chi connectivity index (χ3n) is 2.89. The van der Waals surface area contributed by atoms with Crippen LogP contribution in [0.2, 0.25) is 0 Å². The summed E-state index contributed by atoms with van der Waals surface area (Å²) in [7, 11) is 0. The number of hydrogen-bond acceptors (Lipinski definition) is 2. The van der Waals surface area contributed by atoms with Gasteiger partial charge in [0.05, 0.1) is 12.1 Å². The Kier molecular flexibility index (Phi) is 6.30. The molecular weight excluding hydrogens is 220 g/mol. The molecule has 0 aliphatic rings. The van der Waals surface area contributed by atoms with Crippen LogP contribution in [0.1, 0.15) is 31.2 Å². The predicted octanol–water partition coefficient (Wildman–Crippen LogP) is 4.01. The third kappa shape index (κ3) is 5.32. The van der Waals surface area contributed by atoms with Gasteiger partial charge in [-0.1, -0.05) is 42.5 Å². The molecule has 0 atom stereocenters. The van der Waals surface area contributed by atoms with E-state index in [1.807, 2.05) is 18.2 Å². The van der Waals surface area contributed by atoms with E-state index in [1.54, 1.807) is 0 Å². The third-order valence-corrected chi connectivity index (χ3v) is 2.89. The van der Waals surface area contributed by atoms with Crippen molar-refractivity contribution in [2.75, 3.05) is 0 Å². The molecule has 0 radical (unpaired) electrons. The number of aryl methyl sites for hydroxylation is 1. The van der Waals surface area contributed by atoms with Crippen molar-refractivity contribution in [1.29, 1.82) is 10.5 Å². The summed E-state index contributed by atoms with van der Waals surface area (Å²) in [6, 6.07) is 14.4. The van der Waals surface area contributed by atoms with Gasteiger partial charge < -0.3 is 0 Å². The lowest BCUT2D eigenvalue weighted by atomic mass is 9.98. The van der Waals surface area contributed by atoms with E-state index in [9.17, 15) is 0 Å². The minimum atomic E-state index is -0.536. The molecule has 0 aromatic heterocycles. The van der Waals surface area contributed by atoms with Crippen LogP contribution in [0.15, 0.2) is 42.5 Å². The van der Waals surface area contributed by atoms with Crippen molar-refractivity contribution in [3.63, 3.8) is 0 Å². The fraction of sp³-hybridized carbons (Fsp3) is 0.375. The molecule has 2 nitrogen and oxygen atoms in total. The quantitative estimate of drug-likeness (QED) is 0.532. The molecule has 0 aliphatic carbocycles. The van der Waals surface area contributed by atoms with Gasteiger partial charge in [0.25, 0.3) is 0 Å². The summed E-state index contributed by atoms with van der Waals surface area (Å²) < 4.78 is 0. The van der Waals surface area contributed by atoms with Crippen molar-refractivity contribution >= 4 is 0 Å². The van der Waals surface area contributed by atoms with Crippen LogP contribution < -0.4 is 0 Å². The summed E-state index contributed by atoms with van der Waals surface area (Å²) in [6.07, 6.45) is 4.68. The van der Waals surface area contributed by atoms with Crippen molar-refractivity contribution in [3.8, 4) is 12.1 Å². The zero-order valence-electron chi connectivity index (χ0n) is 10.6. The summed E-state index contributed by atoms with van der Waals surface area (Å²) in [5.41, 5.74) is 2.37. The van der Waals surface area contributed by atoms with Crippen molar-refractivity contribution < 1.29 is 0 Å². The molecule has 1 aromatic carbocycles. The van der Waals surface area contributed by atoms with E-state index < -0.39 is 5.92 Å². The number of hydrogen-bond donors (Lipinski definition) is 0. The highest BCUT2D eigenvalue weighted by atomic mass is 14.3. The number of nitriles is 2. The smallest absolute Gasteiger partial charge is 0.137 e. The van der Waals surface area contributed by atoms with Gasteiger partial charge >= 0.3 is 0 Å². The predicted molar refractivity (Wildman–Crippen MR) is 72.5 cm³/mol. The molecule has 0 spiro atoms. The zero-order valence-corrected chi connectivity index (χ0v) is 10.6. The number of rotatable bonds is 7. The van der Waals surface area contributed by atoms with Gasteiger partial charge in [0.1, 0.15) is 5.92 Å². The summed E-state index contributed by atoms with van der Waals surface area (Å²) in [5.74, 6) is -0.536. The minimum Gasteiger partial charge on any atom is -0.197 e. The Morgan fingerprint density at radius 1 is 1.11 bits per heavy atom. The SMILES string of the molecule is C=C(CCCCc1ccccc1)CC(C#N)C#N. The van der Waals surface area contributed by atoms with E-state index in [4.69, 9.17) is 10.5 Å². The molecule has 92 valence electrons. The molecule has 0 N–H and O–H groups in total. The number of nitrogens with zero attached hydrogens (tertiary/aromatic N) is 2. The van der Waals surface area contributed by atoms with Crippen LogP contribution in [0.25, 0.3) is 0 Å². The van der Waals surface area contributed by atoms with E-state index >= 15 is 0 Å². The van der Waals surface area contributed by atoms with Crippen LogP contribution in [-0.4, -0.2) is 0 Å². The van der Waals surface area contributed by atoms with Gasteiger partial charge in [0.2, 0.25) is 0 Å². The monoisotopic (exact) mass is 238 g/mol. The highest BCUT2D eigenvalue weighted by Gasteiger charge is 2.07. The second-order valence-electron chi connectivity index (χ2n) is 4.46. The van der Waals surface area contributed by atoms with E-state index in [1.165, 1.54) is 5.56 Å². The normalized spacial score (nSPS) is 9.72. The summed E-state index contributed by atoms with van der Waals surface area (Å²) in [4.78, 5) is 0. The van der Waals surface area contributed by atoms with Crippen LogP contribution >= 0.6 is 0 Å². The lowest BCUT2D eigenvalue weighted by Gasteiger charge is -2.05. The van der Waals surface area contributed by atoms with E-state index in [2.05, 4.69) is 30.8 Å².